The lowest BCUT2D eigenvalue weighted by atomic mass is 10.1. The second kappa shape index (κ2) is 10.7. The smallest absolute Gasteiger partial charge is 0.0565 e. The molecule has 0 aliphatic carbocycles. The van der Waals surface area contributed by atoms with E-state index in [9.17, 15) is 5.11 Å². The van der Waals surface area contributed by atoms with E-state index in [-0.39, 0.29) is 12.7 Å². The largest absolute Gasteiger partial charge is 0.396 e. The highest BCUT2D eigenvalue weighted by Gasteiger charge is 1.99. The molecule has 0 saturated carbocycles. The first kappa shape index (κ1) is 13.7. The van der Waals surface area contributed by atoms with Crippen LogP contribution in [0.5, 0.6) is 0 Å². The van der Waals surface area contributed by atoms with E-state index in [0.29, 0.717) is 6.42 Å². The molecule has 0 aromatic heterocycles. The molecule has 0 saturated heterocycles. The predicted octanol–water partition coefficient (Wildman–Crippen LogP) is 2.65. The van der Waals surface area contributed by atoms with Gasteiger partial charge < -0.3 is 10.2 Å². The molecule has 0 aromatic carbocycles. The van der Waals surface area contributed by atoms with Crippen LogP contribution in [0, 0.1) is 0 Å². The van der Waals surface area contributed by atoms with Crippen molar-refractivity contribution in [3.63, 3.8) is 0 Å². The van der Waals surface area contributed by atoms with Gasteiger partial charge in [0.1, 0.15) is 0 Å². The molecule has 0 spiro atoms. The maximum Gasteiger partial charge on any atom is 0.0565 e. The lowest BCUT2D eigenvalue weighted by Gasteiger charge is -2.05. The van der Waals surface area contributed by atoms with E-state index in [2.05, 4.69) is 19.1 Å². The second-order valence-electron chi connectivity index (χ2n) is 3.71. The van der Waals surface area contributed by atoms with Gasteiger partial charge in [-0.1, -0.05) is 31.9 Å². The lowest BCUT2D eigenvalue weighted by molar-refractivity contribution is 0.126. The van der Waals surface area contributed by atoms with Crippen molar-refractivity contribution in [3.8, 4) is 0 Å². The van der Waals surface area contributed by atoms with Crippen LogP contribution >= 0.6 is 0 Å². The lowest BCUT2D eigenvalue weighted by Crippen LogP contribution is -2.07. The number of hydrogen-bond donors (Lipinski definition) is 2. The molecule has 2 heteroatoms. The molecule has 0 rings (SSSR count). The number of hydrogen-bond acceptors (Lipinski definition) is 2. The van der Waals surface area contributed by atoms with Crippen LogP contribution in [0.4, 0.5) is 0 Å². The van der Waals surface area contributed by atoms with Crippen LogP contribution in [-0.2, 0) is 0 Å². The van der Waals surface area contributed by atoms with Gasteiger partial charge in [0.2, 0.25) is 0 Å². The number of aliphatic hydroxyl groups excluding tert-OH is 2. The van der Waals surface area contributed by atoms with Gasteiger partial charge in [0.25, 0.3) is 0 Å². The highest BCUT2D eigenvalue weighted by molar-refractivity contribution is 4.82. The van der Waals surface area contributed by atoms with E-state index in [4.69, 9.17) is 5.11 Å². The standard InChI is InChI=1S/C12H24O2/c1-2-3-4-5-6-7-8-9-12(14)10-11-13/h6-7,12-14H,2-5,8-11H2,1H3/b7-6+. The fourth-order valence-electron chi connectivity index (χ4n) is 1.33. The van der Waals surface area contributed by atoms with Crippen LogP contribution in [0.25, 0.3) is 0 Å². The molecule has 0 heterocycles. The molecule has 0 aliphatic rings. The van der Waals surface area contributed by atoms with Crippen molar-refractivity contribution in [3.05, 3.63) is 12.2 Å². The monoisotopic (exact) mass is 200 g/mol. The first-order valence-electron chi connectivity index (χ1n) is 5.75. The summed E-state index contributed by atoms with van der Waals surface area (Å²) in [6.07, 6.45) is 11.2. The maximum absolute atomic E-state index is 9.30. The third kappa shape index (κ3) is 9.75. The molecule has 0 radical (unpaired) electrons. The molecule has 0 aliphatic heterocycles. The van der Waals surface area contributed by atoms with Crippen molar-refractivity contribution in [1.82, 2.24) is 0 Å². The van der Waals surface area contributed by atoms with Gasteiger partial charge in [0.05, 0.1) is 6.10 Å². The van der Waals surface area contributed by atoms with E-state index < -0.39 is 0 Å². The SMILES string of the molecule is CCCCC/C=C/CCC(O)CCO. The van der Waals surface area contributed by atoms with Gasteiger partial charge >= 0.3 is 0 Å². The van der Waals surface area contributed by atoms with E-state index >= 15 is 0 Å². The summed E-state index contributed by atoms with van der Waals surface area (Å²) < 4.78 is 0. The Labute approximate surface area is 87.7 Å². The minimum Gasteiger partial charge on any atom is -0.396 e. The number of aliphatic hydroxyl groups is 2. The Hall–Kier alpha value is -0.340. The third-order valence-corrected chi connectivity index (χ3v) is 2.27. The molecule has 0 aromatic rings. The fraction of sp³-hybridized carbons (Fsp3) is 0.833. The molecule has 0 amide bonds. The summed E-state index contributed by atoms with van der Waals surface area (Å²) >= 11 is 0. The van der Waals surface area contributed by atoms with E-state index in [1.807, 2.05) is 0 Å². The Morgan fingerprint density at radius 3 is 2.43 bits per heavy atom. The zero-order valence-corrected chi connectivity index (χ0v) is 9.28. The molecule has 14 heavy (non-hydrogen) atoms. The van der Waals surface area contributed by atoms with E-state index in [1.165, 1.54) is 19.3 Å². The second-order valence-corrected chi connectivity index (χ2v) is 3.71. The molecular formula is C12H24O2. The normalized spacial score (nSPS) is 13.6. The summed E-state index contributed by atoms with van der Waals surface area (Å²) in [7, 11) is 0. The van der Waals surface area contributed by atoms with Crippen molar-refractivity contribution in [2.45, 2.75) is 58.0 Å². The molecule has 2 nitrogen and oxygen atoms in total. The highest BCUT2D eigenvalue weighted by atomic mass is 16.3. The van der Waals surface area contributed by atoms with Crippen molar-refractivity contribution in [2.24, 2.45) is 0 Å². The summed E-state index contributed by atoms with van der Waals surface area (Å²) in [5, 5.41) is 17.9. The minimum absolute atomic E-state index is 0.0847. The zero-order chi connectivity index (χ0) is 10.6. The molecule has 1 unspecified atom stereocenters. The van der Waals surface area contributed by atoms with Gasteiger partial charge in [-0.2, -0.15) is 0 Å². The Kier molecular flexibility index (Phi) is 10.5. The quantitative estimate of drug-likeness (QED) is 0.444. The van der Waals surface area contributed by atoms with Gasteiger partial charge in [0.15, 0.2) is 0 Å². The number of allylic oxidation sites excluding steroid dienone is 2. The van der Waals surface area contributed by atoms with Crippen molar-refractivity contribution < 1.29 is 10.2 Å². The fourth-order valence-corrected chi connectivity index (χ4v) is 1.33. The molecule has 0 bridgehead atoms. The van der Waals surface area contributed by atoms with Crippen molar-refractivity contribution in [2.75, 3.05) is 6.61 Å². The Balaban J connectivity index is 3.17. The Bertz CT molecular complexity index is 132. The summed E-state index contributed by atoms with van der Waals surface area (Å²) in [6.45, 7) is 2.29. The van der Waals surface area contributed by atoms with Crippen LogP contribution in [-0.4, -0.2) is 22.9 Å². The van der Waals surface area contributed by atoms with Crippen molar-refractivity contribution in [1.29, 1.82) is 0 Å². The highest BCUT2D eigenvalue weighted by Crippen LogP contribution is 2.04. The average Bonchev–Trinajstić information content (AvgIpc) is 2.17. The average molecular weight is 200 g/mol. The Morgan fingerprint density at radius 2 is 1.79 bits per heavy atom. The van der Waals surface area contributed by atoms with Crippen LogP contribution < -0.4 is 0 Å². The Morgan fingerprint density at radius 1 is 1.07 bits per heavy atom. The van der Waals surface area contributed by atoms with Crippen LogP contribution in [0.3, 0.4) is 0 Å². The van der Waals surface area contributed by atoms with Gasteiger partial charge in [-0.05, 0) is 32.1 Å². The molecule has 84 valence electrons. The van der Waals surface area contributed by atoms with Crippen molar-refractivity contribution >= 4 is 0 Å². The van der Waals surface area contributed by atoms with E-state index in [1.54, 1.807) is 0 Å². The molecule has 1 atom stereocenters. The van der Waals surface area contributed by atoms with Crippen LogP contribution in [0.15, 0.2) is 12.2 Å². The van der Waals surface area contributed by atoms with Gasteiger partial charge in [-0.3, -0.25) is 0 Å². The number of rotatable bonds is 9. The topological polar surface area (TPSA) is 40.5 Å². The van der Waals surface area contributed by atoms with Crippen LogP contribution in [0.1, 0.15) is 51.9 Å². The van der Waals surface area contributed by atoms with Crippen LogP contribution in [0.2, 0.25) is 0 Å². The summed E-state index contributed by atoms with van der Waals surface area (Å²) in [4.78, 5) is 0. The minimum atomic E-state index is -0.333. The first-order valence-corrected chi connectivity index (χ1v) is 5.75. The number of unbranched alkanes of at least 4 members (excludes halogenated alkanes) is 3. The first-order chi connectivity index (χ1) is 6.81. The van der Waals surface area contributed by atoms with Gasteiger partial charge in [-0.25, -0.2) is 0 Å². The maximum atomic E-state index is 9.30. The van der Waals surface area contributed by atoms with Gasteiger partial charge in [0, 0.05) is 6.61 Å². The third-order valence-electron chi connectivity index (χ3n) is 2.27. The molecule has 2 N–H and O–H groups in total. The predicted molar refractivity (Wildman–Crippen MR) is 60.2 cm³/mol. The molecular weight excluding hydrogens is 176 g/mol. The zero-order valence-electron chi connectivity index (χ0n) is 9.28. The van der Waals surface area contributed by atoms with E-state index in [0.717, 1.165) is 19.3 Å². The summed E-state index contributed by atoms with van der Waals surface area (Å²) in [5.74, 6) is 0. The van der Waals surface area contributed by atoms with Gasteiger partial charge in [-0.15, -0.1) is 0 Å². The summed E-state index contributed by atoms with van der Waals surface area (Å²) in [6, 6.07) is 0. The summed E-state index contributed by atoms with van der Waals surface area (Å²) in [5.41, 5.74) is 0. The molecule has 0 fully saturated rings.